The molecule has 2 aliphatic heterocycles. The highest BCUT2D eigenvalue weighted by molar-refractivity contribution is 5.97. The highest BCUT2D eigenvalue weighted by atomic mass is 16.5. The van der Waals surface area contributed by atoms with Gasteiger partial charge in [0.25, 0.3) is 5.91 Å². The number of carbonyl (C=O) groups excluding carboxylic acids is 2. The number of ether oxygens (including phenoxy) is 2. The van der Waals surface area contributed by atoms with Gasteiger partial charge in [-0.15, -0.1) is 0 Å². The first-order chi connectivity index (χ1) is 11.2. The number of hydrogen-bond acceptors (Lipinski definition) is 4. The van der Waals surface area contributed by atoms with Crippen LogP contribution in [-0.2, 0) is 9.53 Å². The van der Waals surface area contributed by atoms with E-state index in [-0.39, 0.29) is 17.9 Å². The monoisotopic (exact) mass is 318 g/mol. The number of rotatable bonds is 5. The van der Waals surface area contributed by atoms with Crippen molar-refractivity contribution in [2.75, 3.05) is 19.8 Å². The quantitative estimate of drug-likeness (QED) is 0.857. The van der Waals surface area contributed by atoms with Crippen LogP contribution < -0.4 is 15.4 Å². The van der Waals surface area contributed by atoms with Crippen molar-refractivity contribution in [3.63, 3.8) is 0 Å². The van der Waals surface area contributed by atoms with Gasteiger partial charge in [-0.05, 0) is 49.9 Å². The Hall–Kier alpha value is -2.08. The summed E-state index contributed by atoms with van der Waals surface area (Å²) in [5.41, 5.74) is 0.521. The molecular formula is C17H22N2O4. The van der Waals surface area contributed by atoms with Gasteiger partial charge in [-0.25, -0.2) is 0 Å². The third-order valence-corrected chi connectivity index (χ3v) is 4.17. The van der Waals surface area contributed by atoms with Crippen molar-refractivity contribution in [2.45, 2.75) is 37.8 Å². The van der Waals surface area contributed by atoms with E-state index in [2.05, 4.69) is 10.6 Å². The maximum absolute atomic E-state index is 12.2. The van der Waals surface area contributed by atoms with Crippen LogP contribution in [0.1, 0.15) is 36.0 Å². The van der Waals surface area contributed by atoms with Gasteiger partial charge in [0.1, 0.15) is 18.4 Å². The summed E-state index contributed by atoms with van der Waals surface area (Å²) < 4.78 is 11.2. The Balaban J connectivity index is 1.51. The molecule has 1 aromatic rings. The van der Waals surface area contributed by atoms with Gasteiger partial charge in [-0.3, -0.25) is 9.59 Å². The number of benzene rings is 1. The van der Waals surface area contributed by atoms with Crippen molar-refractivity contribution in [1.82, 2.24) is 10.6 Å². The van der Waals surface area contributed by atoms with E-state index in [0.29, 0.717) is 30.9 Å². The number of amides is 2. The summed E-state index contributed by atoms with van der Waals surface area (Å²) in [4.78, 5) is 23.9. The van der Waals surface area contributed by atoms with Crippen molar-refractivity contribution < 1.29 is 19.1 Å². The van der Waals surface area contributed by atoms with Gasteiger partial charge >= 0.3 is 0 Å². The van der Waals surface area contributed by atoms with Crippen molar-refractivity contribution in [3.8, 4) is 5.75 Å². The summed E-state index contributed by atoms with van der Waals surface area (Å²) in [6, 6.07) is 6.52. The third-order valence-electron chi connectivity index (χ3n) is 4.17. The van der Waals surface area contributed by atoms with Crippen LogP contribution in [0.5, 0.6) is 5.75 Å². The normalized spacial score (nSPS) is 24.1. The molecule has 2 aliphatic rings. The van der Waals surface area contributed by atoms with Crippen molar-refractivity contribution in [3.05, 3.63) is 29.8 Å². The third kappa shape index (κ3) is 4.22. The van der Waals surface area contributed by atoms with Crippen LogP contribution in [0.25, 0.3) is 0 Å². The highest BCUT2D eigenvalue weighted by Crippen LogP contribution is 2.17. The van der Waals surface area contributed by atoms with E-state index in [4.69, 9.17) is 9.47 Å². The minimum absolute atomic E-state index is 0.110. The first-order valence-corrected chi connectivity index (χ1v) is 8.15. The largest absolute Gasteiger partial charge is 0.491 e. The van der Waals surface area contributed by atoms with Crippen molar-refractivity contribution in [2.24, 2.45) is 0 Å². The first kappa shape index (κ1) is 15.8. The molecule has 2 atom stereocenters. The highest BCUT2D eigenvalue weighted by Gasteiger charge is 2.24. The lowest BCUT2D eigenvalue weighted by Crippen LogP contribution is -2.50. The fourth-order valence-corrected chi connectivity index (χ4v) is 2.82. The predicted molar refractivity (Wildman–Crippen MR) is 84.4 cm³/mol. The van der Waals surface area contributed by atoms with Crippen LogP contribution in [0, 0.1) is 0 Å². The first-order valence-electron chi connectivity index (χ1n) is 8.15. The SMILES string of the molecule is O=C(N[C@@H]1CCCNC1=O)c1ccc(OC[C@H]2CCCO2)cc1. The minimum Gasteiger partial charge on any atom is -0.491 e. The summed E-state index contributed by atoms with van der Waals surface area (Å²) in [5.74, 6) is 0.367. The van der Waals surface area contributed by atoms with Gasteiger partial charge in [0.05, 0.1) is 6.10 Å². The maximum Gasteiger partial charge on any atom is 0.251 e. The lowest BCUT2D eigenvalue weighted by molar-refractivity contribution is -0.124. The Morgan fingerprint density at radius 1 is 1.26 bits per heavy atom. The average molecular weight is 318 g/mol. The van der Waals surface area contributed by atoms with E-state index in [9.17, 15) is 9.59 Å². The molecule has 0 aliphatic carbocycles. The average Bonchev–Trinajstić information content (AvgIpc) is 3.09. The molecule has 2 N–H and O–H groups in total. The maximum atomic E-state index is 12.2. The predicted octanol–water partition coefficient (Wildman–Crippen LogP) is 1.25. The van der Waals surface area contributed by atoms with Gasteiger partial charge < -0.3 is 20.1 Å². The minimum atomic E-state index is -0.438. The van der Waals surface area contributed by atoms with Crippen LogP contribution in [0.15, 0.2) is 24.3 Å². The molecule has 1 aromatic carbocycles. The summed E-state index contributed by atoms with van der Waals surface area (Å²) in [6.07, 6.45) is 3.85. The molecule has 2 fully saturated rings. The van der Waals surface area contributed by atoms with E-state index in [1.807, 2.05) is 0 Å². The molecular weight excluding hydrogens is 296 g/mol. The Morgan fingerprint density at radius 2 is 2.09 bits per heavy atom. The zero-order chi connectivity index (χ0) is 16.1. The Morgan fingerprint density at radius 3 is 2.78 bits per heavy atom. The molecule has 2 saturated heterocycles. The molecule has 0 saturated carbocycles. The molecule has 0 bridgehead atoms. The number of nitrogens with one attached hydrogen (secondary N) is 2. The van der Waals surface area contributed by atoms with Gasteiger partial charge in [-0.2, -0.15) is 0 Å². The zero-order valence-electron chi connectivity index (χ0n) is 13.0. The second-order valence-corrected chi connectivity index (χ2v) is 5.93. The molecule has 124 valence electrons. The molecule has 0 spiro atoms. The molecule has 0 aromatic heterocycles. The van der Waals surface area contributed by atoms with E-state index in [1.54, 1.807) is 24.3 Å². The summed E-state index contributed by atoms with van der Waals surface area (Å²) in [5, 5.41) is 5.53. The van der Waals surface area contributed by atoms with Gasteiger partial charge in [0, 0.05) is 18.7 Å². The molecule has 0 radical (unpaired) electrons. The lowest BCUT2D eigenvalue weighted by atomic mass is 10.1. The Bertz CT molecular complexity index is 552. The van der Waals surface area contributed by atoms with Crippen LogP contribution in [0.4, 0.5) is 0 Å². The molecule has 2 amide bonds. The molecule has 23 heavy (non-hydrogen) atoms. The number of piperidine rings is 1. The second kappa shape index (κ2) is 7.46. The molecule has 2 heterocycles. The second-order valence-electron chi connectivity index (χ2n) is 5.93. The molecule has 3 rings (SSSR count). The fraction of sp³-hybridized carbons (Fsp3) is 0.529. The number of carbonyl (C=O) groups is 2. The zero-order valence-corrected chi connectivity index (χ0v) is 13.0. The van der Waals surface area contributed by atoms with Crippen LogP contribution in [0.3, 0.4) is 0 Å². The van der Waals surface area contributed by atoms with Crippen LogP contribution in [0.2, 0.25) is 0 Å². The van der Waals surface area contributed by atoms with E-state index in [0.717, 1.165) is 25.9 Å². The topological polar surface area (TPSA) is 76.7 Å². The lowest BCUT2D eigenvalue weighted by Gasteiger charge is -2.22. The van der Waals surface area contributed by atoms with Gasteiger partial charge in [0.15, 0.2) is 0 Å². The standard InChI is InChI=1S/C17H22N2O4/c20-16(19-15-4-1-9-18-17(15)21)12-5-7-13(8-6-12)23-11-14-3-2-10-22-14/h5-8,14-15H,1-4,9-11H2,(H,18,21)(H,19,20)/t14-,15-/m1/s1. The van der Waals surface area contributed by atoms with E-state index >= 15 is 0 Å². The Labute approximate surface area is 135 Å². The summed E-state index contributed by atoms with van der Waals surface area (Å²) in [7, 11) is 0. The van der Waals surface area contributed by atoms with Crippen molar-refractivity contribution >= 4 is 11.8 Å². The smallest absolute Gasteiger partial charge is 0.251 e. The molecule has 6 heteroatoms. The molecule has 6 nitrogen and oxygen atoms in total. The summed E-state index contributed by atoms with van der Waals surface area (Å²) >= 11 is 0. The molecule has 0 unspecified atom stereocenters. The summed E-state index contributed by atoms with van der Waals surface area (Å²) in [6.45, 7) is 2.03. The van der Waals surface area contributed by atoms with Gasteiger partial charge in [-0.1, -0.05) is 0 Å². The Kier molecular flexibility index (Phi) is 5.12. The van der Waals surface area contributed by atoms with Crippen LogP contribution >= 0.6 is 0 Å². The van der Waals surface area contributed by atoms with E-state index < -0.39 is 6.04 Å². The van der Waals surface area contributed by atoms with Crippen LogP contribution in [-0.4, -0.2) is 43.7 Å². The number of hydrogen-bond donors (Lipinski definition) is 2. The fourth-order valence-electron chi connectivity index (χ4n) is 2.82. The van der Waals surface area contributed by atoms with E-state index in [1.165, 1.54) is 0 Å². The van der Waals surface area contributed by atoms with Crippen molar-refractivity contribution in [1.29, 1.82) is 0 Å². The van der Waals surface area contributed by atoms with Gasteiger partial charge in [0.2, 0.25) is 5.91 Å².